The molecule has 3 aromatic heterocycles. The van der Waals surface area contributed by atoms with Gasteiger partial charge in [-0.05, 0) is 85.8 Å². The molecule has 240 valence electrons. The van der Waals surface area contributed by atoms with Crippen LogP contribution in [0.2, 0.25) is 0 Å². The summed E-state index contributed by atoms with van der Waals surface area (Å²) in [4.78, 5) is 52.1. The quantitative estimate of drug-likeness (QED) is 0.328. The summed E-state index contributed by atoms with van der Waals surface area (Å²) < 4.78 is 8.80. The van der Waals surface area contributed by atoms with E-state index in [1.54, 1.807) is 11.0 Å². The molecule has 9 rings (SSSR count). The number of hydrogen-bond donors (Lipinski definition) is 2. The number of fused-ring (bicyclic) bond motifs is 6. The van der Waals surface area contributed by atoms with E-state index in [-0.39, 0.29) is 47.2 Å². The molecule has 2 atom stereocenters. The van der Waals surface area contributed by atoms with Gasteiger partial charge in [0.1, 0.15) is 12.3 Å². The Morgan fingerprint density at radius 3 is 2.64 bits per heavy atom. The zero-order valence-corrected chi connectivity index (χ0v) is 25.9. The van der Waals surface area contributed by atoms with Crippen molar-refractivity contribution in [1.82, 2.24) is 29.0 Å². The number of piperidine rings is 1. The number of likely N-dealkylation sites (tertiary alicyclic amines) is 1. The normalized spacial score (nSPS) is 22.6. The third-order valence-electron chi connectivity index (χ3n) is 10.9. The number of anilines is 1. The molecule has 4 aromatic rings. The Kier molecular flexibility index (Phi) is 6.40. The Hall–Kier alpha value is -4.84. The number of carbonyl (C=O) groups is 2. The second-order valence-corrected chi connectivity index (χ2v) is 13.6. The molecule has 2 saturated carbocycles. The summed E-state index contributed by atoms with van der Waals surface area (Å²) in [6.45, 7) is 1.89. The monoisotopic (exact) mass is 633 g/mol. The number of hydrogen-bond acceptors (Lipinski definition) is 8. The molecular weight excluding hydrogens is 598 g/mol. The Morgan fingerprint density at radius 2 is 1.91 bits per heavy atom. The van der Waals surface area contributed by atoms with E-state index in [9.17, 15) is 19.5 Å². The number of nitrogens with one attached hydrogen (secondary N) is 1. The Morgan fingerprint density at radius 1 is 1.11 bits per heavy atom. The van der Waals surface area contributed by atoms with Gasteiger partial charge >= 0.3 is 0 Å². The van der Waals surface area contributed by atoms with E-state index in [1.807, 2.05) is 22.8 Å². The zero-order chi connectivity index (χ0) is 31.9. The van der Waals surface area contributed by atoms with E-state index in [0.29, 0.717) is 68.6 Å². The van der Waals surface area contributed by atoms with E-state index >= 15 is 0 Å². The average molecular weight is 634 g/mol. The minimum Gasteiger partial charge on any atom is -0.505 e. The molecular formula is C35H35N7O5. The molecule has 3 aliphatic carbocycles. The molecule has 0 unspecified atom stereocenters. The fraction of sp³-hybridized carbons (Fsp3) is 0.429. The number of aromatic hydroxyl groups is 1. The molecule has 1 spiro atoms. The highest BCUT2D eigenvalue weighted by molar-refractivity contribution is 5.95. The lowest BCUT2D eigenvalue weighted by Crippen LogP contribution is -2.48. The van der Waals surface area contributed by atoms with Crippen molar-refractivity contribution >= 4 is 28.9 Å². The molecule has 1 aromatic carbocycles. The summed E-state index contributed by atoms with van der Waals surface area (Å²) in [6, 6.07) is 11.1. The summed E-state index contributed by atoms with van der Waals surface area (Å²) in [5.41, 5.74) is 3.96. The first-order valence-corrected chi connectivity index (χ1v) is 16.6. The van der Waals surface area contributed by atoms with Crippen LogP contribution in [0, 0.1) is 5.92 Å². The molecule has 12 heteroatoms. The summed E-state index contributed by atoms with van der Waals surface area (Å²) in [6.07, 6.45) is 8.65. The smallest absolute Gasteiger partial charge is 0.279 e. The first-order valence-electron chi connectivity index (χ1n) is 16.6. The number of nitrogens with zero attached hydrogens (tertiary/aromatic N) is 6. The van der Waals surface area contributed by atoms with E-state index in [1.165, 1.54) is 35.2 Å². The molecule has 0 radical (unpaired) electrons. The van der Waals surface area contributed by atoms with Crippen LogP contribution in [0.1, 0.15) is 83.5 Å². The maximum absolute atomic E-state index is 14.4. The summed E-state index contributed by atoms with van der Waals surface area (Å²) in [5.74, 6) is 1.22. The molecule has 2 amide bonds. The van der Waals surface area contributed by atoms with Gasteiger partial charge in [0.05, 0.1) is 13.2 Å². The summed E-state index contributed by atoms with van der Waals surface area (Å²) >= 11 is 0. The van der Waals surface area contributed by atoms with Crippen molar-refractivity contribution in [3.63, 3.8) is 0 Å². The van der Waals surface area contributed by atoms with Crippen LogP contribution >= 0.6 is 0 Å². The second-order valence-electron chi connectivity index (χ2n) is 13.6. The van der Waals surface area contributed by atoms with Crippen molar-refractivity contribution < 1.29 is 19.4 Å². The van der Waals surface area contributed by atoms with Crippen molar-refractivity contribution in [3.05, 3.63) is 87.4 Å². The van der Waals surface area contributed by atoms with E-state index in [4.69, 9.17) is 14.8 Å². The van der Waals surface area contributed by atoms with Gasteiger partial charge in [-0.25, -0.2) is 4.98 Å². The molecule has 5 heterocycles. The Bertz CT molecular complexity index is 2040. The van der Waals surface area contributed by atoms with Crippen LogP contribution < -0.4 is 10.9 Å². The van der Waals surface area contributed by atoms with Crippen LogP contribution in [-0.4, -0.2) is 72.3 Å². The van der Waals surface area contributed by atoms with Gasteiger partial charge in [-0.1, -0.05) is 18.2 Å². The predicted octanol–water partition coefficient (Wildman–Crippen LogP) is 3.60. The van der Waals surface area contributed by atoms with Gasteiger partial charge in [-0.3, -0.25) is 14.4 Å². The van der Waals surface area contributed by atoms with Gasteiger partial charge in [-0.15, -0.1) is 5.10 Å². The number of ether oxygens (including phenoxy) is 1. The minimum atomic E-state index is -0.435. The van der Waals surface area contributed by atoms with E-state index in [2.05, 4.69) is 22.4 Å². The number of carbonyl (C=O) groups excluding carboxylic acids is 2. The fourth-order valence-electron chi connectivity index (χ4n) is 8.28. The molecule has 5 aliphatic rings. The predicted molar refractivity (Wildman–Crippen MR) is 171 cm³/mol. The molecule has 47 heavy (non-hydrogen) atoms. The van der Waals surface area contributed by atoms with Crippen molar-refractivity contribution in [2.45, 2.75) is 62.3 Å². The van der Waals surface area contributed by atoms with Crippen LogP contribution in [0.3, 0.4) is 0 Å². The number of aromatic nitrogens is 5. The van der Waals surface area contributed by atoms with Crippen LogP contribution in [-0.2, 0) is 21.5 Å². The first kappa shape index (κ1) is 28.4. The lowest BCUT2D eigenvalue weighted by Gasteiger charge is -2.41. The molecule has 2 aliphatic heterocycles. The largest absolute Gasteiger partial charge is 0.505 e. The molecule has 0 bridgehead atoms. The topological polar surface area (TPSA) is 144 Å². The molecule has 12 nitrogen and oxygen atoms in total. The Labute approximate surface area is 270 Å². The van der Waals surface area contributed by atoms with Gasteiger partial charge in [-0.2, -0.15) is 9.50 Å². The molecule has 2 N–H and O–H groups in total. The number of amides is 2. The van der Waals surface area contributed by atoms with Crippen molar-refractivity contribution in [1.29, 1.82) is 0 Å². The van der Waals surface area contributed by atoms with Crippen LogP contribution in [0.4, 0.5) is 5.69 Å². The van der Waals surface area contributed by atoms with Gasteiger partial charge in [0.15, 0.2) is 11.5 Å². The minimum absolute atomic E-state index is 0.000351. The van der Waals surface area contributed by atoms with Crippen LogP contribution in [0.5, 0.6) is 5.75 Å². The third-order valence-corrected chi connectivity index (χ3v) is 10.9. The van der Waals surface area contributed by atoms with Gasteiger partial charge < -0.3 is 24.6 Å². The van der Waals surface area contributed by atoms with Crippen LogP contribution in [0.25, 0.3) is 11.4 Å². The standard InChI is InChI=1S/C35H35N7O5/c43-26-2-1-13-36-29(26)33(46)40-14-11-35(12-15-40)25-18-24(25)30-28(35)32(45)42-34(38-31(39-42)22-9-16-47-17-10-22)41(30)19-27(44)37-23-7-5-21(6-8-23)20-3-4-20/h1-2,5-9,13,20,24-25,43H,3-4,10-12,14-19H2,(H,37,44)/t24-,25+/m0/s1. The lowest BCUT2D eigenvalue weighted by atomic mass is 9.71. The van der Waals surface area contributed by atoms with Crippen LogP contribution in [0.15, 0.2) is 53.5 Å². The van der Waals surface area contributed by atoms with Gasteiger partial charge in [0.25, 0.3) is 11.5 Å². The van der Waals surface area contributed by atoms with E-state index < -0.39 is 5.41 Å². The van der Waals surface area contributed by atoms with Crippen molar-refractivity contribution in [2.24, 2.45) is 5.92 Å². The molecule has 1 saturated heterocycles. The summed E-state index contributed by atoms with van der Waals surface area (Å²) in [7, 11) is 0. The highest BCUT2D eigenvalue weighted by atomic mass is 16.5. The maximum Gasteiger partial charge on any atom is 0.279 e. The SMILES string of the molecule is O=C(Cn1c2c(c(=O)n3nc(C4=CCOCC4)nc13)C1(CCN(C(=O)c3ncccc3O)CC1)[C@@H]1C[C@H]21)Nc1ccc(C2CC2)cc1. The maximum atomic E-state index is 14.4. The van der Waals surface area contributed by atoms with Gasteiger partial charge in [0, 0.05) is 47.6 Å². The lowest BCUT2D eigenvalue weighted by molar-refractivity contribution is -0.116. The molecule has 3 fully saturated rings. The Balaban J connectivity index is 1.08. The number of rotatable bonds is 6. The first-order chi connectivity index (χ1) is 22.9. The highest BCUT2D eigenvalue weighted by Gasteiger charge is 2.64. The highest BCUT2D eigenvalue weighted by Crippen LogP contribution is 2.67. The zero-order valence-electron chi connectivity index (χ0n) is 25.9. The fourth-order valence-corrected chi connectivity index (χ4v) is 8.28. The second kappa shape index (κ2) is 10.6. The number of benzene rings is 1. The summed E-state index contributed by atoms with van der Waals surface area (Å²) in [5, 5.41) is 18.0. The average Bonchev–Trinajstić information content (AvgIpc) is 4.03. The van der Waals surface area contributed by atoms with Crippen molar-refractivity contribution in [2.75, 3.05) is 31.6 Å². The van der Waals surface area contributed by atoms with E-state index in [0.717, 1.165) is 23.4 Å². The third kappa shape index (κ3) is 4.60. The van der Waals surface area contributed by atoms with Gasteiger partial charge in [0.2, 0.25) is 11.7 Å². The van der Waals surface area contributed by atoms with Crippen molar-refractivity contribution in [3.8, 4) is 5.75 Å². The number of pyridine rings is 1.